The number of hydrogen-bond acceptors (Lipinski definition) is 4. The van der Waals surface area contributed by atoms with Crippen molar-refractivity contribution in [3.05, 3.63) is 88.5 Å². The molecule has 0 aliphatic heterocycles. The van der Waals surface area contributed by atoms with Gasteiger partial charge in [0.05, 0.1) is 6.61 Å². The molecule has 2 fully saturated rings. The van der Waals surface area contributed by atoms with Crippen molar-refractivity contribution in [2.24, 2.45) is 11.8 Å². The molecule has 2 saturated carbocycles. The van der Waals surface area contributed by atoms with E-state index in [4.69, 9.17) is 14.6 Å². The number of rotatable bonds is 9. The Labute approximate surface area is 201 Å². The van der Waals surface area contributed by atoms with Gasteiger partial charge in [0.2, 0.25) is 0 Å². The van der Waals surface area contributed by atoms with Crippen LogP contribution in [0.1, 0.15) is 36.5 Å². The molecule has 180 valence electrons. The first-order chi connectivity index (χ1) is 16.3. The van der Waals surface area contributed by atoms with Crippen molar-refractivity contribution in [2.45, 2.75) is 46.3 Å². The summed E-state index contributed by atoms with van der Waals surface area (Å²) in [7, 11) is 0. The summed E-state index contributed by atoms with van der Waals surface area (Å²) in [6.45, 7) is 9.82. The molecule has 2 aromatic rings. The second-order valence-electron chi connectivity index (χ2n) is 9.36. The van der Waals surface area contributed by atoms with Crippen LogP contribution in [0.25, 0.3) is 11.1 Å². The molecule has 0 spiro atoms. The standard InChI is InChI=1S/C29H33FO4/c1-5-26-21(12-22-13-27(22)26)10-19(4)33-15-23-11-20(6-7-28(23)30)29-17(2)8-25(9-18(29)3)34-16-24(32)14-31/h5-11,22,24,27,31-32H,4,12-16H2,1-3H3/b21-10-,26-5+. The van der Waals surface area contributed by atoms with Crippen LogP contribution in [-0.4, -0.2) is 29.5 Å². The van der Waals surface area contributed by atoms with Crippen LogP contribution in [0.2, 0.25) is 0 Å². The van der Waals surface area contributed by atoms with Crippen molar-refractivity contribution in [2.75, 3.05) is 13.2 Å². The summed E-state index contributed by atoms with van der Waals surface area (Å²) in [4.78, 5) is 0. The summed E-state index contributed by atoms with van der Waals surface area (Å²) in [5, 5.41) is 18.5. The Kier molecular flexibility index (Phi) is 7.24. The Morgan fingerprint density at radius 2 is 1.97 bits per heavy atom. The second-order valence-corrected chi connectivity index (χ2v) is 9.36. The van der Waals surface area contributed by atoms with Crippen molar-refractivity contribution < 1.29 is 24.1 Å². The molecule has 4 nitrogen and oxygen atoms in total. The zero-order valence-corrected chi connectivity index (χ0v) is 20.1. The molecule has 2 N–H and O–H groups in total. The van der Waals surface area contributed by atoms with Crippen LogP contribution in [0.3, 0.4) is 0 Å². The minimum atomic E-state index is -0.922. The van der Waals surface area contributed by atoms with Gasteiger partial charge in [0.15, 0.2) is 0 Å². The zero-order chi connectivity index (χ0) is 24.4. The smallest absolute Gasteiger partial charge is 0.129 e. The first-order valence-electron chi connectivity index (χ1n) is 11.8. The number of fused-ring (bicyclic) bond motifs is 1. The van der Waals surface area contributed by atoms with Crippen LogP contribution in [0, 0.1) is 31.5 Å². The van der Waals surface area contributed by atoms with Gasteiger partial charge in [-0.15, -0.1) is 0 Å². The third kappa shape index (κ3) is 5.26. The lowest BCUT2D eigenvalue weighted by Gasteiger charge is -2.16. The molecule has 2 aliphatic carbocycles. The lowest BCUT2D eigenvalue weighted by molar-refractivity contribution is 0.0536. The average Bonchev–Trinajstić information content (AvgIpc) is 3.48. The highest BCUT2D eigenvalue weighted by Gasteiger charge is 2.46. The molecule has 4 rings (SSSR count). The molecular weight excluding hydrogens is 431 g/mol. The van der Waals surface area contributed by atoms with E-state index in [1.807, 2.05) is 38.1 Å². The van der Waals surface area contributed by atoms with Crippen LogP contribution < -0.4 is 4.74 Å². The Bertz CT molecular complexity index is 1120. The molecule has 0 saturated heterocycles. The van der Waals surface area contributed by atoms with Gasteiger partial charge < -0.3 is 19.7 Å². The predicted octanol–water partition coefficient (Wildman–Crippen LogP) is 5.78. The largest absolute Gasteiger partial charge is 0.491 e. The van der Waals surface area contributed by atoms with Crippen molar-refractivity contribution in [1.29, 1.82) is 0 Å². The van der Waals surface area contributed by atoms with Crippen LogP contribution in [0.5, 0.6) is 5.75 Å². The summed E-state index contributed by atoms with van der Waals surface area (Å²) in [6, 6.07) is 8.82. The maximum absolute atomic E-state index is 14.6. The first-order valence-corrected chi connectivity index (χ1v) is 11.8. The van der Waals surface area contributed by atoms with Crippen LogP contribution in [0.4, 0.5) is 4.39 Å². The maximum Gasteiger partial charge on any atom is 0.129 e. The fourth-order valence-electron chi connectivity index (χ4n) is 4.99. The maximum atomic E-state index is 14.6. The number of aliphatic hydroxyl groups excluding tert-OH is 2. The topological polar surface area (TPSA) is 58.9 Å². The normalized spacial score (nSPS) is 22.1. The van der Waals surface area contributed by atoms with Crippen LogP contribution >= 0.6 is 0 Å². The van der Waals surface area contributed by atoms with E-state index >= 15 is 0 Å². The van der Waals surface area contributed by atoms with Crippen LogP contribution in [0.15, 0.2) is 66.0 Å². The highest BCUT2D eigenvalue weighted by atomic mass is 19.1. The number of halogens is 1. The predicted molar refractivity (Wildman–Crippen MR) is 132 cm³/mol. The first kappa shape index (κ1) is 24.2. The summed E-state index contributed by atoms with van der Waals surface area (Å²) in [5.41, 5.74) is 7.02. The van der Waals surface area contributed by atoms with E-state index in [2.05, 4.69) is 19.6 Å². The van der Waals surface area contributed by atoms with E-state index in [-0.39, 0.29) is 25.6 Å². The van der Waals surface area contributed by atoms with Gasteiger partial charge in [-0.3, -0.25) is 0 Å². The van der Waals surface area contributed by atoms with E-state index in [1.165, 1.54) is 23.6 Å². The number of aliphatic hydroxyl groups is 2. The van der Waals surface area contributed by atoms with E-state index in [9.17, 15) is 9.50 Å². The third-order valence-corrected chi connectivity index (χ3v) is 6.73. The summed E-state index contributed by atoms with van der Waals surface area (Å²) >= 11 is 0. The van der Waals surface area contributed by atoms with Crippen LogP contribution in [-0.2, 0) is 11.3 Å². The van der Waals surface area contributed by atoms with Gasteiger partial charge in [0, 0.05) is 5.56 Å². The van der Waals surface area contributed by atoms with E-state index in [1.54, 1.807) is 6.07 Å². The van der Waals surface area contributed by atoms with Gasteiger partial charge in [0.1, 0.15) is 36.6 Å². The average molecular weight is 465 g/mol. The zero-order valence-electron chi connectivity index (χ0n) is 20.1. The second kappa shape index (κ2) is 10.2. The van der Waals surface area contributed by atoms with Gasteiger partial charge in [-0.25, -0.2) is 4.39 Å². The van der Waals surface area contributed by atoms with Gasteiger partial charge >= 0.3 is 0 Å². The molecule has 5 heteroatoms. The Morgan fingerprint density at radius 3 is 2.65 bits per heavy atom. The molecule has 0 amide bonds. The molecule has 0 heterocycles. The van der Waals surface area contributed by atoms with Crippen molar-refractivity contribution in [3.8, 4) is 16.9 Å². The fraction of sp³-hybridized carbons (Fsp3) is 0.379. The van der Waals surface area contributed by atoms with Crippen molar-refractivity contribution in [1.82, 2.24) is 0 Å². The molecule has 0 radical (unpaired) electrons. The number of benzene rings is 2. The minimum Gasteiger partial charge on any atom is -0.491 e. The van der Waals surface area contributed by atoms with E-state index in [0.29, 0.717) is 23.0 Å². The monoisotopic (exact) mass is 464 g/mol. The molecule has 0 bridgehead atoms. The lowest BCUT2D eigenvalue weighted by Crippen LogP contribution is -2.21. The SMILES string of the molecule is C=C(/C=C1/CC2CC2/C1=C/C)OCc1cc(-c2c(C)cc(OCC(O)CO)cc2C)ccc1F. The molecule has 34 heavy (non-hydrogen) atoms. The summed E-state index contributed by atoms with van der Waals surface area (Å²) < 4.78 is 26.0. The van der Waals surface area contributed by atoms with E-state index in [0.717, 1.165) is 34.6 Å². The minimum absolute atomic E-state index is 0.0175. The molecule has 2 aliphatic rings. The number of allylic oxidation sites excluding steroid dienone is 4. The molecule has 2 aromatic carbocycles. The van der Waals surface area contributed by atoms with Crippen molar-refractivity contribution in [3.63, 3.8) is 0 Å². The molecule has 3 atom stereocenters. The van der Waals surface area contributed by atoms with Crippen molar-refractivity contribution >= 4 is 0 Å². The Balaban J connectivity index is 1.47. The Hall–Kier alpha value is -2.89. The molecule has 3 unspecified atom stereocenters. The van der Waals surface area contributed by atoms with Gasteiger partial charge in [-0.1, -0.05) is 18.7 Å². The quantitative estimate of drug-likeness (QED) is 0.462. The lowest BCUT2D eigenvalue weighted by atomic mass is 9.94. The molecular formula is C29H33FO4. The Morgan fingerprint density at radius 1 is 1.24 bits per heavy atom. The number of hydrogen-bond donors (Lipinski definition) is 2. The highest BCUT2D eigenvalue weighted by molar-refractivity contribution is 5.72. The summed E-state index contributed by atoms with van der Waals surface area (Å²) in [5.74, 6) is 2.35. The fourth-order valence-corrected chi connectivity index (χ4v) is 4.99. The number of ether oxygens (including phenoxy) is 2. The molecule has 0 aromatic heterocycles. The number of aryl methyl sites for hydroxylation is 2. The highest BCUT2D eigenvalue weighted by Crippen LogP contribution is 2.57. The third-order valence-electron chi connectivity index (χ3n) is 6.73. The van der Waals surface area contributed by atoms with Gasteiger partial charge in [0.25, 0.3) is 0 Å². The van der Waals surface area contributed by atoms with Gasteiger partial charge in [-0.05, 0) is 109 Å². The summed E-state index contributed by atoms with van der Waals surface area (Å²) in [6.07, 6.45) is 5.64. The van der Waals surface area contributed by atoms with Gasteiger partial charge in [-0.2, -0.15) is 0 Å². The van der Waals surface area contributed by atoms with E-state index < -0.39 is 6.10 Å².